The molecule has 0 aliphatic heterocycles. The summed E-state index contributed by atoms with van der Waals surface area (Å²) >= 11 is 0. The molecule has 1 fully saturated rings. The fourth-order valence-electron chi connectivity index (χ4n) is 2.98. The highest BCUT2D eigenvalue weighted by Gasteiger charge is 2.53. The van der Waals surface area contributed by atoms with Crippen LogP contribution in [0.1, 0.15) is 52.9 Å². The number of hydrogen-bond acceptors (Lipinski definition) is 5. The summed E-state index contributed by atoms with van der Waals surface area (Å²) in [6, 6.07) is 0. The molecule has 0 heterocycles. The predicted molar refractivity (Wildman–Crippen MR) is 67.5 cm³/mol. The Morgan fingerprint density at radius 3 is 2.61 bits per heavy atom. The van der Waals surface area contributed by atoms with Gasteiger partial charge in [-0.2, -0.15) is 0 Å². The van der Waals surface area contributed by atoms with Crippen molar-refractivity contribution in [2.75, 3.05) is 0 Å². The van der Waals surface area contributed by atoms with Crippen molar-refractivity contribution in [3.63, 3.8) is 0 Å². The average Bonchev–Trinajstić information content (AvgIpc) is 2.30. The highest BCUT2D eigenvalue weighted by atomic mass is 16.6. The van der Waals surface area contributed by atoms with E-state index in [2.05, 4.69) is 5.16 Å². The molecule has 1 rings (SSSR count). The van der Waals surface area contributed by atoms with Crippen molar-refractivity contribution in [2.24, 2.45) is 11.1 Å². The van der Waals surface area contributed by atoms with Crippen LogP contribution < -0.4 is 0 Å². The van der Waals surface area contributed by atoms with E-state index in [1.54, 1.807) is 13.8 Å². The van der Waals surface area contributed by atoms with Crippen LogP contribution in [0.2, 0.25) is 0 Å². The molecule has 18 heavy (non-hydrogen) atoms. The largest absolute Gasteiger partial charge is 0.411 e. The van der Waals surface area contributed by atoms with Gasteiger partial charge in [0.2, 0.25) is 5.54 Å². The van der Waals surface area contributed by atoms with Crippen LogP contribution in [0.25, 0.3) is 0 Å². The quantitative estimate of drug-likeness (QED) is 0.349. The molecule has 3 atom stereocenters. The van der Waals surface area contributed by atoms with Crippen molar-refractivity contribution in [3.05, 3.63) is 10.1 Å². The van der Waals surface area contributed by atoms with Gasteiger partial charge in [0.05, 0.1) is 11.3 Å². The standard InChI is InChI=1S/C12H22N2O4/c1-4-5-12(14(17)18)7-6-11(3,15)10(8-12)9(2)13-16/h10,15-16H,4-8H2,1-3H3/b13-9-/t10-,11+,12-/m0/s1. The van der Waals surface area contributed by atoms with Gasteiger partial charge in [-0.3, -0.25) is 10.1 Å². The maximum absolute atomic E-state index is 11.4. The molecule has 0 spiro atoms. The van der Waals surface area contributed by atoms with Gasteiger partial charge in [0, 0.05) is 30.1 Å². The molecule has 0 aromatic carbocycles. The maximum Gasteiger partial charge on any atom is 0.223 e. The normalized spacial score (nSPS) is 37.6. The van der Waals surface area contributed by atoms with E-state index in [-0.39, 0.29) is 11.3 Å². The third-order valence-corrected chi connectivity index (χ3v) is 4.20. The van der Waals surface area contributed by atoms with Gasteiger partial charge in [0.25, 0.3) is 0 Å². The number of aliphatic hydroxyl groups is 1. The van der Waals surface area contributed by atoms with E-state index in [1.165, 1.54) is 0 Å². The minimum atomic E-state index is -1.04. The molecule has 0 unspecified atom stereocenters. The Morgan fingerprint density at radius 2 is 2.17 bits per heavy atom. The first-order valence-electron chi connectivity index (χ1n) is 6.34. The minimum Gasteiger partial charge on any atom is -0.411 e. The van der Waals surface area contributed by atoms with Gasteiger partial charge in [-0.15, -0.1) is 0 Å². The van der Waals surface area contributed by atoms with Gasteiger partial charge in [0.1, 0.15) is 0 Å². The van der Waals surface area contributed by atoms with Crippen molar-refractivity contribution in [1.29, 1.82) is 0 Å². The first kappa shape index (κ1) is 14.9. The highest BCUT2D eigenvalue weighted by Crippen LogP contribution is 2.43. The molecular formula is C12H22N2O4. The summed E-state index contributed by atoms with van der Waals surface area (Å²) in [6.45, 7) is 5.17. The molecule has 0 radical (unpaired) electrons. The van der Waals surface area contributed by atoms with Crippen molar-refractivity contribution < 1.29 is 15.2 Å². The Bertz CT molecular complexity index is 354. The average molecular weight is 258 g/mol. The summed E-state index contributed by atoms with van der Waals surface area (Å²) in [5.74, 6) is -0.465. The highest BCUT2D eigenvalue weighted by molar-refractivity contribution is 5.85. The maximum atomic E-state index is 11.4. The van der Waals surface area contributed by atoms with Crippen LogP contribution in [0.15, 0.2) is 5.16 Å². The molecule has 0 aromatic heterocycles. The van der Waals surface area contributed by atoms with Gasteiger partial charge >= 0.3 is 0 Å². The number of nitro groups is 1. The van der Waals surface area contributed by atoms with E-state index in [1.807, 2.05) is 6.92 Å². The van der Waals surface area contributed by atoms with Crippen molar-refractivity contribution >= 4 is 5.71 Å². The Kier molecular flexibility index (Phi) is 4.32. The SMILES string of the molecule is CCC[C@]1([N+](=O)[O-])CC[C@@](C)(O)[C@H](/C(C)=N\O)C1. The Labute approximate surface area is 107 Å². The second-order valence-corrected chi connectivity index (χ2v) is 5.59. The summed E-state index contributed by atoms with van der Waals surface area (Å²) in [4.78, 5) is 11.1. The monoisotopic (exact) mass is 258 g/mol. The lowest BCUT2D eigenvalue weighted by atomic mass is 9.65. The van der Waals surface area contributed by atoms with Crippen molar-refractivity contribution in [2.45, 2.75) is 64.0 Å². The first-order valence-corrected chi connectivity index (χ1v) is 6.34. The summed E-state index contributed by atoms with van der Waals surface area (Å²) in [5, 5.41) is 33.7. The Balaban J connectivity index is 3.05. The third kappa shape index (κ3) is 2.63. The van der Waals surface area contributed by atoms with Crippen LogP contribution in [0, 0.1) is 16.0 Å². The summed E-state index contributed by atoms with van der Waals surface area (Å²) in [5.41, 5.74) is -1.67. The van der Waals surface area contributed by atoms with E-state index >= 15 is 0 Å². The van der Waals surface area contributed by atoms with Gasteiger partial charge < -0.3 is 10.3 Å². The third-order valence-electron chi connectivity index (χ3n) is 4.20. The van der Waals surface area contributed by atoms with Crippen LogP contribution in [0.4, 0.5) is 0 Å². The number of rotatable bonds is 4. The molecule has 1 aliphatic rings. The molecule has 6 heteroatoms. The molecule has 0 saturated heterocycles. The van der Waals surface area contributed by atoms with Crippen LogP contribution >= 0.6 is 0 Å². The number of oxime groups is 1. The molecule has 6 nitrogen and oxygen atoms in total. The lowest BCUT2D eigenvalue weighted by Crippen LogP contribution is -2.53. The van der Waals surface area contributed by atoms with Gasteiger partial charge in [-0.1, -0.05) is 12.1 Å². The fourth-order valence-corrected chi connectivity index (χ4v) is 2.98. The first-order chi connectivity index (χ1) is 8.29. The lowest BCUT2D eigenvalue weighted by molar-refractivity contribution is -0.579. The lowest BCUT2D eigenvalue weighted by Gasteiger charge is -2.42. The van der Waals surface area contributed by atoms with Gasteiger partial charge in [0.15, 0.2) is 0 Å². The van der Waals surface area contributed by atoms with E-state index < -0.39 is 17.1 Å². The van der Waals surface area contributed by atoms with Crippen molar-refractivity contribution in [1.82, 2.24) is 0 Å². The molecule has 0 aromatic rings. The zero-order valence-corrected chi connectivity index (χ0v) is 11.2. The van der Waals surface area contributed by atoms with Gasteiger partial charge in [-0.05, 0) is 26.7 Å². The van der Waals surface area contributed by atoms with Gasteiger partial charge in [-0.25, -0.2) is 0 Å². The van der Waals surface area contributed by atoms with Crippen LogP contribution in [-0.2, 0) is 0 Å². The topological polar surface area (TPSA) is 96.0 Å². The Morgan fingerprint density at radius 1 is 1.56 bits per heavy atom. The summed E-state index contributed by atoms with van der Waals surface area (Å²) in [7, 11) is 0. The molecule has 0 amide bonds. The fraction of sp³-hybridized carbons (Fsp3) is 0.917. The predicted octanol–water partition coefficient (Wildman–Crippen LogP) is 2.20. The second kappa shape index (κ2) is 5.22. The van der Waals surface area contributed by atoms with Crippen LogP contribution in [0.5, 0.6) is 0 Å². The molecule has 1 aliphatic carbocycles. The van der Waals surface area contributed by atoms with E-state index in [9.17, 15) is 15.2 Å². The summed E-state index contributed by atoms with van der Waals surface area (Å²) < 4.78 is 0. The smallest absolute Gasteiger partial charge is 0.223 e. The molecule has 0 bridgehead atoms. The molecule has 1 saturated carbocycles. The molecule has 2 N–H and O–H groups in total. The number of hydrogen-bond donors (Lipinski definition) is 2. The second-order valence-electron chi connectivity index (χ2n) is 5.59. The van der Waals surface area contributed by atoms with Crippen LogP contribution in [-0.4, -0.2) is 32.1 Å². The van der Waals surface area contributed by atoms with Crippen molar-refractivity contribution in [3.8, 4) is 0 Å². The van der Waals surface area contributed by atoms with E-state index in [4.69, 9.17) is 5.21 Å². The Hall–Kier alpha value is -1.17. The minimum absolute atomic E-state index is 0.219. The summed E-state index contributed by atoms with van der Waals surface area (Å²) in [6.07, 6.45) is 2.18. The number of nitrogens with zero attached hydrogens (tertiary/aromatic N) is 2. The molecule has 104 valence electrons. The zero-order chi connectivity index (χ0) is 14.0. The zero-order valence-electron chi connectivity index (χ0n) is 11.2. The van der Waals surface area contributed by atoms with E-state index in [0.29, 0.717) is 25.0 Å². The molecular weight excluding hydrogens is 236 g/mol. The van der Waals surface area contributed by atoms with E-state index in [0.717, 1.165) is 6.42 Å². The van der Waals surface area contributed by atoms with Crippen LogP contribution in [0.3, 0.4) is 0 Å².